The Hall–Kier alpha value is -3.68. The number of esters is 1. The zero-order valence-corrected chi connectivity index (χ0v) is 27.0. The van der Waals surface area contributed by atoms with E-state index in [0.717, 1.165) is 46.7 Å². The highest BCUT2D eigenvalue weighted by Crippen LogP contribution is 2.30. The summed E-state index contributed by atoms with van der Waals surface area (Å²) in [7, 11) is 1.35. The minimum absolute atomic E-state index is 0.285. The van der Waals surface area contributed by atoms with Crippen LogP contribution in [0.4, 0.5) is 0 Å². The van der Waals surface area contributed by atoms with E-state index in [1.165, 1.54) is 17.6 Å². The van der Waals surface area contributed by atoms with Crippen LogP contribution < -0.4 is 5.32 Å². The third kappa shape index (κ3) is 8.91. The predicted molar refractivity (Wildman–Crippen MR) is 182 cm³/mol. The maximum atomic E-state index is 13.7. The van der Waals surface area contributed by atoms with Gasteiger partial charge in [-0.1, -0.05) is 72.8 Å². The molecule has 0 aliphatic heterocycles. The smallest absolute Gasteiger partial charge is 0.328 e. The summed E-state index contributed by atoms with van der Waals surface area (Å²) in [4.78, 5) is 29.8. The van der Waals surface area contributed by atoms with Gasteiger partial charge in [0.2, 0.25) is 0 Å². The number of nitrogens with one attached hydrogen (secondary N) is 1. The molecule has 5 nitrogen and oxygen atoms in total. The number of methoxy groups -OCH3 is 1. The van der Waals surface area contributed by atoms with Gasteiger partial charge in [-0.2, -0.15) is 11.8 Å². The molecule has 0 aromatic heterocycles. The number of thioether (sulfide) groups is 2. The van der Waals surface area contributed by atoms with Gasteiger partial charge in [-0.15, -0.1) is 11.8 Å². The second kappa shape index (κ2) is 16.2. The van der Waals surface area contributed by atoms with Gasteiger partial charge in [-0.3, -0.25) is 4.79 Å². The first-order valence-electron chi connectivity index (χ1n) is 14.4. The molecule has 1 aliphatic carbocycles. The van der Waals surface area contributed by atoms with Crippen molar-refractivity contribution >= 4 is 35.4 Å². The molecule has 224 valence electrons. The van der Waals surface area contributed by atoms with Crippen LogP contribution in [0.5, 0.6) is 0 Å². The van der Waals surface area contributed by atoms with Crippen LogP contribution in [0.15, 0.2) is 108 Å². The number of hydrogen-bond donors (Lipinski definition) is 1. The first kappa shape index (κ1) is 32.2. The van der Waals surface area contributed by atoms with Gasteiger partial charge in [-0.05, 0) is 90.1 Å². The lowest BCUT2D eigenvalue weighted by atomic mass is 9.93. The lowest BCUT2D eigenvalue weighted by Crippen LogP contribution is -2.42. The Labute approximate surface area is 264 Å². The number of allylic oxidation sites excluding steroid dienone is 4. The molecule has 1 aliphatic rings. The van der Waals surface area contributed by atoms with Crippen molar-refractivity contribution in [3.63, 3.8) is 0 Å². The molecule has 0 bridgehead atoms. The SMILES string of the molecule is COC(=O)C(CCSC)NC(=O)c1ccc(CN(Cc2ccccc2)C2=CCC=C(SC)C=C2)cc1-c1ccccc1C. The number of ether oxygens (including phenoxy) is 1. The van der Waals surface area contributed by atoms with Crippen molar-refractivity contribution in [1.29, 1.82) is 0 Å². The Bertz CT molecular complexity index is 1500. The average Bonchev–Trinajstić information content (AvgIpc) is 3.29. The zero-order chi connectivity index (χ0) is 30.6. The highest BCUT2D eigenvalue weighted by molar-refractivity contribution is 8.02. The van der Waals surface area contributed by atoms with Crippen LogP contribution in [0.25, 0.3) is 11.1 Å². The lowest BCUT2D eigenvalue weighted by Gasteiger charge is -2.27. The number of carbonyl (C=O) groups excluding carboxylic acids is 2. The summed E-state index contributed by atoms with van der Waals surface area (Å²) in [6.07, 6.45) is 14.4. The molecule has 1 amide bonds. The van der Waals surface area contributed by atoms with Gasteiger partial charge in [0, 0.05) is 29.3 Å². The third-order valence-electron chi connectivity index (χ3n) is 7.42. The summed E-state index contributed by atoms with van der Waals surface area (Å²) < 4.78 is 4.99. The van der Waals surface area contributed by atoms with Crippen LogP contribution >= 0.6 is 23.5 Å². The second-order valence-corrected chi connectivity index (χ2v) is 12.2. The topological polar surface area (TPSA) is 58.6 Å². The number of nitrogens with zero attached hydrogens (tertiary/aromatic N) is 1. The molecule has 1 atom stereocenters. The minimum Gasteiger partial charge on any atom is -0.467 e. The molecule has 0 saturated carbocycles. The minimum atomic E-state index is -0.704. The molecule has 3 aromatic carbocycles. The average molecular weight is 613 g/mol. The quantitative estimate of drug-likeness (QED) is 0.199. The molecule has 0 fully saturated rings. The summed E-state index contributed by atoms with van der Waals surface area (Å²) in [5, 5.41) is 2.95. The van der Waals surface area contributed by atoms with Crippen LogP contribution in [0.3, 0.4) is 0 Å². The number of benzene rings is 3. The van der Waals surface area contributed by atoms with E-state index >= 15 is 0 Å². The van der Waals surface area contributed by atoms with E-state index in [0.29, 0.717) is 18.5 Å². The van der Waals surface area contributed by atoms with Crippen molar-refractivity contribution in [2.75, 3.05) is 25.4 Å². The van der Waals surface area contributed by atoms with Crippen LogP contribution in [0.1, 0.15) is 39.9 Å². The second-order valence-electron chi connectivity index (χ2n) is 10.4. The number of hydrogen-bond acceptors (Lipinski definition) is 6. The molecule has 3 aromatic rings. The summed E-state index contributed by atoms with van der Waals surface area (Å²) in [6, 6.07) is 23.9. The first-order chi connectivity index (χ1) is 20.9. The Morgan fingerprint density at radius 1 is 0.907 bits per heavy atom. The van der Waals surface area contributed by atoms with E-state index in [2.05, 4.69) is 84.1 Å². The molecule has 1 N–H and O–H groups in total. The highest BCUT2D eigenvalue weighted by Gasteiger charge is 2.24. The van der Waals surface area contributed by atoms with E-state index < -0.39 is 12.0 Å². The van der Waals surface area contributed by atoms with Gasteiger partial charge >= 0.3 is 5.97 Å². The van der Waals surface area contributed by atoms with Gasteiger partial charge < -0.3 is 15.0 Å². The van der Waals surface area contributed by atoms with E-state index in [9.17, 15) is 9.59 Å². The predicted octanol–water partition coefficient (Wildman–Crippen LogP) is 7.78. The summed E-state index contributed by atoms with van der Waals surface area (Å²) in [6.45, 7) is 3.47. The highest BCUT2D eigenvalue weighted by atomic mass is 32.2. The van der Waals surface area contributed by atoms with Crippen molar-refractivity contribution in [2.24, 2.45) is 0 Å². The molecule has 0 spiro atoms. The van der Waals surface area contributed by atoms with Crippen molar-refractivity contribution in [1.82, 2.24) is 10.2 Å². The Morgan fingerprint density at radius 3 is 2.37 bits per heavy atom. The van der Waals surface area contributed by atoms with Crippen LogP contribution in [0, 0.1) is 6.92 Å². The van der Waals surface area contributed by atoms with Gasteiger partial charge in [0.1, 0.15) is 6.04 Å². The van der Waals surface area contributed by atoms with Crippen LogP contribution in [-0.4, -0.2) is 48.2 Å². The first-order valence-corrected chi connectivity index (χ1v) is 17.0. The van der Waals surface area contributed by atoms with Crippen LogP contribution in [-0.2, 0) is 22.6 Å². The fourth-order valence-electron chi connectivity index (χ4n) is 5.10. The van der Waals surface area contributed by atoms with Crippen molar-refractivity contribution in [3.8, 4) is 11.1 Å². The molecule has 4 rings (SSSR count). The Balaban J connectivity index is 1.71. The third-order valence-corrected chi connectivity index (χ3v) is 8.84. The van der Waals surface area contributed by atoms with E-state index in [1.54, 1.807) is 23.5 Å². The maximum Gasteiger partial charge on any atom is 0.328 e. The van der Waals surface area contributed by atoms with Gasteiger partial charge in [0.25, 0.3) is 5.91 Å². The monoisotopic (exact) mass is 612 g/mol. The Kier molecular flexibility index (Phi) is 12.2. The molecule has 43 heavy (non-hydrogen) atoms. The standard InChI is InChI=1S/C36H40N2O3S2/c1-26-11-8-9-16-31(26)33-23-28(17-20-32(33)35(39)37-34(21-22-42-3)36(40)41-2)25-38(24-27-12-6-5-7-13-27)29-14-10-15-30(43-4)19-18-29/h5-9,11-20,23,34H,10,21-22,24-25H2,1-4H3,(H,37,39). The van der Waals surface area contributed by atoms with Gasteiger partial charge in [0.05, 0.1) is 7.11 Å². The molecule has 0 saturated heterocycles. The number of carbonyl (C=O) groups is 2. The molecule has 0 radical (unpaired) electrons. The zero-order valence-electron chi connectivity index (χ0n) is 25.3. The van der Waals surface area contributed by atoms with E-state index in [4.69, 9.17) is 4.74 Å². The van der Waals surface area contributed by atoms with E-state index in [1.807, 2.05) is 42.7 Å². The van der Waals surface area contributed by atoms with Gasteiger partial charge in [-0.25, -0.2) is 4.79 Å². The van der Waals surface area contributed by atoms with E-state index in [-0.39, 0.29) is 5.91 Å². The van der Waals surface area contributed by atoms with Crippen LogP contribution in [0.2, 0.25) is 0 Å². The van der Waals surface area contributed by atoms with Crippen molar-refractivity contribution in [3.05, 3.63) is 130 Å². The number of rotatable bonds is 13. The molecule has 0 heterocycles. The normalized spacial score (nSPS) is 13.4. The fraction of sp³-hybridized carbons (Fsp3) is 0.278. The Morgan fingerprint density at radius 2 is 1.65 bits per heavy atom. The number of aryl methyl sites for hydroxylation is 1. The maximum absolute atomic E-state index is 13.7. The van der Waals surface area contributed by atoms with Gasteiger partial charge in [0.15, 0.2) is 0 Å². The number of amides is 1. The van der Waals surface area contributed by atoms with Crippen molar-refractivity contribution in [2.45, 2.75) is 38.9 Å². The molecular formula is C36H40N2O3S2. The molecule has 1 unspecified atom stereocenters. The van der Waals surface area contributed by atoms with Crippen molar-refractivity contribution < 1.29 is 14.3 Å². The molecular weight excluding hydrogens is 573 g/mol. The summed E-state index contributed by atoms with van der Waals surface area (Å²) in [5.41, 5.74) is 6.93. The summed E-state index contributed by atoms with van der Waals surface area (Å²) in [5.74, 6) is 0.0171. The largest absolute Gasteiger partial charge is 0.467 e. The fourth-order valence-corrected chi connectivity index (χ4v) is 6.03. The lowest BCUT2D eigenvalue weighted by molar-refractivity contribution is -0.142. The molecule has 7 heteroatoms. The summed E-state index contributed by atoms with van der Waals surface area (Å²) >= 11 is 3.38.